The number of aliphatic hydroxyl groups excluding tert-OH is 1. The van der Waals surface area contributed by atoms with Crippen LogP contribution in [-0.2, 0) is 4.79 Å². The Bertz CT molecular complexity index is 1120. The molecule has 5 aliphatic rings. The quantitative estimate of drug-likeness (QED) is 0.642. The van der Waals surface area contributed by atoms with Crippen molar-refractivity contribution in [2.45, 2.75) is 64.4 Å². The minimum Gasteiger partial charge on any atom is -0.454 e. The van der Waals surface area contributed by atoms with Gasteiger partial charge in [0.1, 0.15) is 0 Å². The third-order valence-corrected chi connectivity index (χ3v) is 8.87. The zero-order valence-corrected chi connectivity index (χ0v) is 18.8. The highest BCUT2D eigenvalue weighted by molar-refractivity contribution is 5.93. The maximum absolute atomic E-state index is 12.3. The molecule has 4 nitrogen and oxygen atoms in total. The second-order valence-electron chi connectivity index (χ2n) is 10.4. The monoisotopic (exact) mass is 430 g/mol. The highest BCUT2D eigenvalue weighted by Gasteiger charge is 2.58. The number of benzene rings is 1. The number of carbonyl (C=O) groups is 1. The highest BCUT2D eigenvalue weighted by Crippen LogP contribution is 2.65. The summed E-state index contributed by atoms with van der Waals surface area (Å²) in [5.74, 6) is 9.70. The fraction of sp³-hybridized carbons (Fsp3) is 0.536. The van der Waals surface area contributed by atoms with Gasteiger partial charge in [-0.05, 0) is 91.2 Å². The third kappa shape index (κ3) is 2.83. The van der Waals surface area contributed by atoms with Crippen LogP contribution in [0.1, 0.15) is 63.9 Å². The lowest BCUT2D eigenvalue weighted by Gasteiger charge is -2.53. The average Bonchev–Trinajstić information content (AvgIpc) is 3.36. The predicted molar refractivity (Wildman–Crippen MR) is 121 cm³/mol. The van der Waals surface area contributed by atoms with Crippen LogP contribution in [0.5, 0.6) is 11.5 Å². The summed E-state index contributed by atoms with van der Waals surface area (Å²) < 4.78 is 11.3. The van der Waals surface area contributed by atoms with Crippen molar-refractivity contribution in [1.29, 1.82) is 0 Å². The zero-order valence-electron chi connectivity index (χ0n) is 18.8. The molecule has 166 valence electrons. The van der Waals surface area contributed by atoms with Gasteiger partial charge in [-0.2, -0.15) is 0 Å². The van der Waals surface area contributed by atoms with Crippen molar-refractivity contribution in [3.05, 3.63) is 46.6 Å². The number of carbonyl (C=O) groups excluding carboxylic acids is 1. The number of rotatable bonds is 1. The summed E-state index contributed by atoms with van der Waals surface area (Å²) in [5.41, 5.74) is 5.18. The number of ether oxygens (including phenoxy) is 2. The van der Waals surface area contributed by atoms with Crippen LogP contribution in [0.3, 0.4) is 0 Å². The first-order valence-corrected chi connectivity index (χ1v) is 12.0. The lowest BCUT2D eigenvalue weighted by atomic mass is 9.51. The van der Waals surface area contributed by atoms with E-state index >= 15 is 0 Å². The van der Waals surface area contributed by atoms with Crippen LogP contribution >= 0.6 is 0 Å². The molecule has 0 radical (unpaired) electrons. The van der Waals surface area contributed by atoms with Gasteiger partial charge in [0.2, 0.25) is 6.79 Å². The van der Waals surface area contributed by atoms with Gasteiger partial charge < -0.3 is 14.6 Å². The van der Waals surface area contributed by atoms with Gasteiger partial charge in [-0.15, -0.1) is 5.92 Å². The van der Waals surface area contributed by atoms with E-state index in [1.54, 1.807) is 0 Å². The van der Waals surface area contributed by atoms with E-state index in [0.29, 0.717) is 18.3 Å². The summed E-state index contributed by atoms with van der Waals surface area (Å²) in [6, 6.07) is 6.32. The summed E-state index contributed by atoms with van der Waals surface area (Å²) in [4.78, 5) is 12.3. The van der Waals surface area contributed by atoms with Gasteiger partial charge in [0.25, 0.3) is 0 Å². The molecule has 6 atom stereocenters. The fourth-order valence-electron chi connectivity index (χ4n) is 7.42. The lowest BCUT2D eigenvalue weighted by Crippen LogP contribution is -2.47. The number of allylic oxidation sites excluding steroid dienone is 4. The number of aliphatic hydroxyl groups is 1. The highest BCUT2D eigenvalue weighted by atomic mass is 16.7. The van der Waals surface area contributed by atoms with Gasteiger partial charge >= 0.3 is 0 Å². The molecule has 1 aromatic carbocycles. The lowest BCUT2D eigenvalue weighted by molar-refractivity contribution is -0.114. The second kappa shape index (κ2) is 7.25. The maximum atomic E-state index is 12.3. The number of ketones is 1. The van der Waals surface area contributed by atoms with Gasteiger partial charge in [0.15, 0.2) is 17.3 Å². The molecule has 0 amide bonds. The van der Waals surface area contributed by atoms with E-state index in [4.69, 9.17) is 9.47 Å². The fourth-order valence-corrected chi connectivity index (χ4v) is 7.42. The van der Waals surface area contributed by atoms with Gasteiger partial charge in [-0.1, -0.05) is 24.5 Å². The Balaban J connectivity index is 1.57. The average molecular weight is 431 g/mol. The van der Waals surface area contributed by atoms with Crippen molar-refractivity contribution in [2.75, 3.05) is 6.79 Å². The molecule has 1 aromatic rings. The van der Waals surface area contributed by atoms with Gasteiger partial charge in [0, 0.05) is 18.3 Å². The van der Waals surface area contributed by atoms with Crippen molar-refractivity contribution < 1.29 is 19.4 Å². The molecular formula is C28H30O4. The van der Waals surface area contributed by atoms with E-state index in [9.17, 15) is 9.90 Å². The van der Waals surface area contributed by atoms with Crippen LogP contribution in [0.4, 0.5) is 0 Å². The van der Waals surface area contributed by atoms with Crippen molar-refractivity contribution >= 4 is 5.78 Å². The topological polar surface area (TPSA) is 55.8 Å². The van der Waals surface area contributed by atoms with Crippen LogP contribution in [0.25, 0.3) is 0 Å². The predicted octanol–water partition coefficient (Wildman–Crippen LogP) is 4.93. The summed E-state index contributed by atoms with van der Waals surface area (Å²) in [5, 5.41) is 11.1. The molecule has 4 aliphatic carbocycles. The van der Waals surface area contributed by atoms with E-state index in [1.165, 1.54) is 22.3 Å². The first kappa shape index (κ1) is 20.1. The molecule has 1 N–H and O–H groups in total. The molecule has 0 saturated heterocycles. The Morgan fingerprint density at radius 2 is 2.00 bits per heavy atom. The molecule has 4 heteroatoms. The van der Waals surface area contributed by atoms with Crippen molar-refractivity contribution in [1.82, 2.24) is 0 Å². The summed E-state index contributed by atoms with van der Waals surface area (Å²) >= 11 is 0. The Morgan fingerprint density at radius 3 is 2.84 bits per heavy atom. The molecule has 1 aliphatic heterocycles. The van der Waals surface area contributed by atoms with E-state index in [1.807, 2.05) is 19.1 Å². The largest absolute Gasteiger partial charge is 0.454 e. The molecule has 32 heavy (non-hydrogen) atoms. The molecule has 0 aromatic heterocycles. The Morgan fingerprint density at radius 1 is 1.16 bits per heavy atom. The standard InChI is InChI=1S/C28H30O4/c1-3-4-17-11-18-12-19(29)6-7-20(18)27-21(16-5-9-23-24(13-16)32-15-31-23)14-28(2)22(26(17)27)8-10-25(28)30/h5,9,12-13,17,21-22,25-26,30H,6-8,10-11,14-15H2,1-2H3/t17?,21-,22+,25+,26+,28+/m1/s1. The first-order valence-electron chi connectivity index (χ1n) is 12.0. The van der Waals surface area contributed by atoms with E-state index in [-0.39, 0.29) is 35.9 Å². The normalized spacial score (nSPS) is 37.2. The smallest absolute Gasteiger partial charge is 0.231 e. The van der Waals surface area contributed by atoms with Crippen molar-refractivity contribution in [3.8, 4) is 23.3 Å². The minimum atomic E-state index is -0.282. The number of hydrogen-bond donors (Lipinski definition) is 1. The third-order valence-electron chi connectivity index (χ3n) is 8.87. The summed E-state index contributed by atoms with van der Waals surface area (Å²) in [7, 11) is 0. The maximum Gasteiger partial charge on any atom is 0.231 e. The molecule has 6 rings (SSSR count). The van der Waals surface area contributed by atoms with E-state index in [2.05, 4.69) is 30.9 Å². The van der Waals surface area contributed by atoms with Crippen LogP contribution in [0.15, 0.2) is 41.0 Å². The molecule has 1 unspecified atom stereocenters. The summed E-state index contributed by atoms with van der Waals surface area (Å²) in [6.45, 7) is 4.48. The van der Waals surface area contributed by atoms with Crippen LogP contribution in [0, 0.1) is 35.0 Å². The number of fused-ring (bicyclic) bond motifs is 5. The van der Waals surface area contributed by atoms with Crippen LogP contribution < -0.4 is 9.47 Å². The SMILES string of the molecule is CC#CC1CC2=CC(=O)CCC2=C2[C@@H](c3ccc4c(c3)OCO4)C[C@]3(C)[C@@H](O)CC[C@H]3[C@@H]21. The van der Waals surface area contributed by atoms with Crippen molar-refractivity contribution in [2.24, 2.45) is 23.2 Å². The Hall–Kier alpha value is -2.51. The Labute approximate surface area is 189 Å². The van der Waals surface area contributed by atoms with Crippen molar-refractivity contribution in [3.63, 3.8) is 0 Å². The molecular weight excluding hydrogens is 400 g/mol. The summed E-state index contributed by atoms with van der Waals surface area (Å²) in [6.07, 6.45) is 6.71. The second-order valence-corrected chi connectivity index (χ2v) is 10.4. The zero-order chi connectivity index (χ0) is 22.0. The first-order chi connectivity index (χ1) is 15.5. The number of hydrogen-bond acceptors (Lipinski definition) is 4. The van der Waals surface area contributed by atoms with Gasteiger partial charge in [-0.3, -0.25) is 4.79 Å². The minimum absolute atomic E-state index is 0.130. The van der Waals surface area contributed by atoms with Gasteiger partial charge in [-0.25, -0.2) is 0 Å². The van der Waals surface area contributed by atoms with Crippen LogP contribution in [0.2, 0.25) is 0 Å². The Kier molecular flexibility index (Phi) is 4.56. The van der Waals surface area contributed by atoms with Gasteiger partial charge in [0.05, 0.1) is 6.10 Å². The molecule has 2 saturated carbocycles. The molecule has 0 spiro atoms. The van der Waals surface area contributed by atoms with E-state index < -0.39 is 0 Å². The molecule has 0 bridgehead atoms. The molecule has 2 fully saturated rings. The van der Waals surface area contributed by atoms with Crippen LogP contribution in [-0.4, -0.2) is 23.8 Å². The van der Waals surface area contributed by atoms with E-state index in [0.717, 1.165) is 43.6 Å². The molecule has 1 heterocycles.